The molecule has 1 aliphatic heterocycles. The third kappa shape index (κ3) is 5.32. The predicted molar refractivity (Wildman–Crippen MR) is 121 cm³/mol. The van der Waals surface area contributed by atoms with Crippen LogP contribution in [0.4, 0.5) is 11.4 Å². The number of benzene rings is 2. The first-order chi connectivity index (χ1) is 14.4. The van der Waals surface area contributed by atoms with E-state index in [1.807, 2.05) is 26.0 Å². The van der Waals surface area contributed by atoms with Gasteiger partial charge in [-0.15, -0.1) is 0 Å². The summed E-state index contributed by atoms with van der Waals surface area (Å²) in [5, 5.41) is 5.88. The molecule has 6 nitrogen and oxygen atoms in total. The molecule has 160 valence electrons. The summed E-state index contributed by atoms with van der Waals surface area (Å²) in [7, 11) is 1.57. The van der Waals surface area contributed by atoms with Crippen molar-refractivity contribution in [3.8, 4) is 5.75 Å². The van der Waals surface area contributed by atoms with Crippen molar-refractivity contribution >= 4 is 23.2 Å². The summed E-state index contributed by atoms with van der Waals surface area (Å²) in [4.78, 5) is 27.9. The van der Waals surface area contributed by atoms with Gasteiger partial charge in [-0.3, -0.25) is 9.59 Å². The zero-order chi connectivity index (χ0) is 21.7. The number of nitrogens with one attached hydrogen (secondary N) is 2. The van der Waals surface area contributed by atoms with Gasteiger partial charge in [-0.1, -0.05) is 13.0 Å². The molecule has 0 spiro atoms. The summed E-state index contributed by atoms with van der Waals surface area (Å²) in [6, 6.07) is 12.6. The standard InChI is InChI=1S/C24H31N3O3/c1-16(2)25-24(29)21-15-19(8-9-22(21)27-12-10-17(3)11-13-27)26-23(28)18-6-5-7-20(14-18)30-4/h5-9,14-17H,10-13H2,1-4H3,(H,25,29)(H,26,28). The molecule has 1 aliphatic rings. The van der Waals surface area contributed by atoms with Crippen LogP contribution >= 0.6 is 0 Å². The van der Waals surface area contributed by atoms with Gasteiger partial charge in [0.1, 0.15) is 5.75 Å². The number of carbonyl (C=O) groups excluding carboxylic acids is 2. The maximum absolute atomic E-state index is 12.9. The molecule has 0 radical (unpaired) electrons. The first-order valence-electron chi connectivity index (χ1n) is 10.5. The highest BCUT2D eigenvalue weighted by Gasteiger charge is 2.22. The van der Waals surface area contributed by atoms with Crippen LogP contribution in [-0.2, 0) is 0 Å². The van der Waals surface area contributed by atoms with Gasteiger partial charge in [0, 0.05) is 36.1 Å². The number of carbonyl (C=O) groups is 2. The minimum Gasteiger partial charge on any atom is -0.497 e. The quantitative estimate of drug-likeness (QED) is 0.745. The number of anilines is 2. The normalized spacial score (nSPS) is 14.5. The summed E-state index contributed by atoms with van der Waals surface area (Å²) in [5.41, 5.74) is 2.59. The molecule has 0 unspecified atom stereocenters. The van der Waals surface area contributed by atoms with Gasteiger partial charge in [0.15, 0.2) is 0 Å². The van der Waals surface area contributed by atoms with Crippen LogP contribution in [0.15, 0.2) is 42.5 Å². The topological polar surface area (TPSA) is 70.7 Å². The van der Waals surface area contributed by atoms with Gasteiger partial charge in [0.2, 0.25) is 0 Å². The third-order valence-corrected chi connectivity index (χ3v) is 5.38. The number of rotatable bonds is 6. The Morgan fingerprint density at radius 2 is 1.80 bits per heavy atom. The lowest BCUT2D eigenvalue weighted by molar-refractivity contribution is 0.0942. The average molecular weight is 410 g/mol. The van der Waals surface area contributed by atoms with Gasteiger partial charge >= 0.3 is 0 Å². The van der Waals surface area contributed by atoms with Crippen molar-refractivity contribution in [2.24, 2.45) is 5.92 Å². The molecule has 30 heavy (non-hydrogen) atoms. The number of amides is 2. The van der Waals surface area contributed by atoms with Crippen LogP contribution in [0.1, 0.15) is 54.3 Å². The predicted octanol–water partition coefficient (Wildman–Crippen LogP) is 4.32. The van der Waals surface area contributed by atoms with Crippen molar-refractivity contribution in [2.45, 2.75) is 39.7 Å². The van der Waals surface area contributed by atoms with Crippen LogP contribution in [0, 0.1) is 5.92 Å². The smallest absolute Gasteiger partial charge is 0.255 e. The van der Waals surface area contributed by atoms with Crippen LogP contribution in [0.5, 0.6) is 5.75 Å². The van der Waals surface area contributed by atoms with E-state index in [-0.39, 0.29) is 17.9 Å². The second-order valence-electron chi connectivity index (χ2n) is 8.22. The zero-order valence-corrected chi connectivity index (χ0v) is 18.2. The fourth-order valence-electron chi connectivity index (χ4n) is 3.63. The Morgan fingerprint density at radius 3 is 2.47 bits per heavy atom. The molecule has 0 aliphatic carbocycles. The molecule has 1 fully saturated rings. The van der Waals surface area contributed by atoms with Crippen molar-refractivity contribution in [3.63, 3.8) is 0 Å². The summed E-state index contributed by atoms with van der Waals surface area (Å²) in [6.45, 7) is 8.00. The lowest BCUT2D eigenvalue weighted by Gasteiger charge is -2.33. The van der Waals surface area contributed by atoms with Crippen molar-refractivity contribution in [2.75, 3.05) is 30.4 Å². The Bertz CT molecular complexity index is 902. The highest BCUT2D eigenvalue weighted by molar-refractivity contribution is 6.06. The van der Waals surface area contributed by atoms with Gasteiger partial charge in [0.05, 0.1) is 12.7 Å². The molecule has 2 amide bonds. The Kier molecular flexibility index (Phi) is 6.98. The molecule has 1 heterocycles. The highest BCUT2D eigenvalue weighted by atomic mass is 16.5. The molecule has 0 aromatic heterocycles. The van der Waals surface area contributed by atoms with E-state index in [9.17, 15) is 9.59 Å². The molecule has 1 saturated heterocycles. The number of ether oxygens (including phenoxy) is 1. The first kappa shape index (κ1) is 21.7. The number of nitrogens with zero attached hydrogens (tertiary/aromatic N) is 1. The SMILES string of the molecule is COc1cccc(C(=O)Nc2ccc(N3CCC(C)CC3)c(C(=O)NC(C)C)c2)c1. The van der Waals surface area contributed by atoms with Gasteiger partial charge in [-0.25, -0.2) is 0 Å². The Hall–Kier alpha value is -3.02. The number of piperidine rings is 1. The van der Waals surface area contributed by atoms with E-state index in [1.54, 1.807) is 37.4 Å². The van der Waals surface area contributed by atoms with Crippen molar-refractivity contribution in [3.05, 3.63) is 53.6 Å². The van der Waals surface area contributed by atoms with Crippen LogP contribution in [0.3, 0.4) is 0 Å². The van der Waals surface area contributed by atoms with E-state index in [2.05, 4.69) is 22.5 Å². The number of methoxy groups -OCH3 is 1. The Labute approximate surface area is 178 Å². The largest absolute Gasteiger partial charge is 0.497 e. The van der Waals surface area contributed by atoms with Crippen molar-refractivity contribution in [1.29, 1.82) is 0 Å². The lowest BCUT2D eigenvalue weighted by Crippen LogP contribution is -2.36. The monoisotopic (exact) mass is 409 g/mol. The third-order valence-electron chi connectivity index (χ3n) is 5.38. The van der Waals surface area contributed by atoms with Crippen LogP contribution in [0.25, 0.3) is 0 Å². The average Bonchev–Trinajstić information content (AvgIpc) is 2.74. The van der Waals surface area contributed by atoms with Crippen LogP contribution < -0.4 is 20.3 Å². The van der Waals surface area contributed by atoms with Crippen LogP contribution in [0.2, 0.25) is 0 Å². The first-order valence-corrected chi connectivity index (χ1v) is 10.5. The van der Waals surface area contributed by atoms with E-state index in [4.69, 9.17) is 4.74 Å². The zero-order valence-electron chi connectivity index (χ0n) is 18.2. The van der Waals surface area contributed by atoms with Gasteiger partial charge in [-0.05, 0) is 69.0 Å². The fraction of sp³-hybridized carbons (Fsp3) is 0.417. The molecule has 0 saturated carbocycles. The van der Waals surface area contributed by atoms with Crippen molar-refractivity contribution < 1.29 is 14.3 Å². The highest BCUT2D eigenvalue weighted by Crippen LogP contribution is 2.29. The number of hydrogen-bond acceptors (Lipinski definition) is 4. The van der Waals surface area contributed by atoms with E-state index < -0.39 is 0 Å². The molecular weight excluding hydrogens is 378 g/mol. The maximum atomic E-state index is 12.9. The fourth-order valence-corrected chi connectivity index (χ4v) is 3.63. The molecular formula is C24H31N3O3. The van der Waals surface area contributed by atoms with Gasteiger partial charge < -0.3 is 20.3 Å². The number of hydrogen-bond donors (Lipinski definition) is 2. The minimum atomic E-state index is -0.247. The second-order valence-corrected chi connectivity index (χ2v) is 8.22. The Morgan fingerprint density at radius 1 is 1.07 bits per heavy atom. The van der Waals surface area contributed by atoms with Gasteiger partial charge in [0.25, 0.3) is 11.8 Å². The molecule has 2 aromatic carbocycles. The molecule has 0 bridgehead atoms. The summed E-state index contributed by atoms with van der Waals surface area (Å²) < 4.78 is 5.19. The lowest BCUT2D eigenvalue weighted by atomic mass is 9.97. The molecule has 0 atom stereocenters. The van der Waals surface area contributed by atoms with E-state index in [0.29, 0.717) is 28.5 Å². The van der Waals surface area contributed by atoms with Gasteiger partial charge in [-0.2, -0.15) is 0 Å². The van der Waals surface area contributed by atoms with E-state index >= 15 is 0 Å². The summed E-state index contributed by atoms with van der Waals surface area (Å²) >= 11 is 0. The van der Waals surface area contributed by atoms with E-state index in [1.165, 1.54) is 0 Å². The summed E-state index contributed by atoms with van der Waals surface area (Å²) in [6.07, 6.45) is 2.22. The van der Waals surface area contributed by atoms with E-state index in [0.717, 1.165) is 31.6 Å². The van der Waals surface area contributed by atoms with Crippen molar-refractivity contribution in [1.82, 2.24) is 5.32 Å². The minimum absolute atomic E-state index is 0.0294. The second kappa shape index (κ2) is 9.65. The molecule has 2 aromatic rings. The summed E-state index contributed by atoms with van der Waals surface area (Å²) in [5.74, 6) is 0.949. The molecule has 3 rings (SSSR count). The van der Waals surface area contributed by atoms with Crippen LogP contribution in [-0.4, -0.2) is 38.1 Å². The maximum Gasteiger partial charge on any atom is 0.255 e. The molecule has 2 N–H and O–H groups in total. The Balaban J connectivity index is 1.86. The molecule has 6 heteroatoms.